The summed E-state index contributed by atoms with van der Waals surface area (Å²) in [5.41, 5.74) is 0.441. The van der Waals surface area contributed by atoms with Crippen LogP contribution in [0.4, 0.5) is 0 Å². The molecule has 218 valence electrons. The number of fused-ring (bicyclic) bond motifs is 2. The van der Waals surface area contributed by atoms with Crippen molar-refractivity contribution in [2.24, 2.45) is 51.8 Å². The first-order chi connectivity index (χ1) is 18.5. The quantitative estimate of drug-likeness (QED) is 0.296. The fraction of sp³-hybridized carbons (Fsp3) is 0.848. The largest absolute Gasteiger partial charge is 0.466 e. The number of rotatable bonds is 6. The summed E-state index contributed by atoms with van der Waals surface area (Å²) in [5, 5.41) is 0. The average Bonchev–Trinajstić information content (AvgIpc) is 2.92. The van der Waals surface area contributed by atoms with Crippen LogP contribution in [0.2, 0.25) is 0 Å². The molecular weight excluding hydrogens is 490 g/mol. The molecule has 6 aliphatic rings. The summed E-state index contributed by atoms with van der Waals surface area (Å²) in [7, 11) is 0. The molecule has 1 aliphatic heterocycles. The summed E-state index contributed by atoms with van der Waals surface area (Å²) >= 11 is 0. The highest BCUT2D eigenvalue weighted by Gasteiger charge is 2.71. The fourth-order valence-corrected chi connectivity index (χ4v) is 10.5. The van der Waals surface area contributed by atoms with Gasteiger partial charge in [0, 0.05) is 23.9 Å². The maximum Gasteiger partial charge on any atom is 0.310 e. The molecule has 1 unspecified atom stereocenters. The smallest absolute Gasteiger partial charge is 0.310 e. The van der Waals surface area contributed by atoms with Crippen molar-refractivity contribution < 1.29 is 23.9 Å². The average molecular weight is 542 g/mol. The van der Waals surface area contributed by atoms with Gasteiger partial charge in [-0.25, -0.2) is 0 Å². The topological polar surface area (TPSA) is 72.9 Å². The summed E-state index contributed by atoms with van der Waals surface area (Å²) in [4.78, 5) is 43.7. The SMILES string of the molecule is CCOC(=O)[C@@H]1[C@@H](C(=O)OCC)C23C=C(C(C)C)[C@@H]1C[C@@H]2[C@@]1(C)CCC[C@@](C)(C(=O)N2CCCCC2)[C@@H]1CC3. The van der Waals surface area contributed by atoms with Crippen molar-refractivity contribution in [2.45, 2.75) is 99.3 Å². The number of esters is 2. The molecule has 5 aliphatic carbocycles. The Morgan fingerprint density at radius 2 is 1.59 bits per heavy atom. The number of piperidine rings is 1. The lowest BCUT2D eigenvalue weighted by Crippen LogP contribution is -2.67. The Morgan fingerprint density at radius 1 is 0.923 bits per heavy atom. The van der Waals surface area contributed by atoms with Crippen LogP contribution >= 0.6 is 0 Å². The van der Waals surface area contributed by atoms with Crippen LogP contribution in [0.1, 0.15) is 99.3 Å². The van der Waals surface area contributed by atoms with Crippen molar-refractivity contribution in [1.82, 2.24) is 4.90 Å². The first kappa shape index (κ1) is 28.7. The molecule has 0 aromatic heterocycles. The van der Waals surface area contributed by atoms with Crippen LogP contribution in [0.25, 0.3) is 0 Å². The molecular formula is C33H51NO5. The van der Waals surface area contributed by atoms with Crippen LogP contribution in [0, 0.1) is 51.8 Å². The van der Waals surface area contributed by atoms with Crippen molar-refractivity contribution >= 4 is 17.8 Å². The van der Waals surface area contributed by atoms with Crippen LogP contribution in [0.5, 0.6) is 0 Å². The van der Waals surface area contributed by atoms with E-state index in [1.807, 2.05) is 13.8 Å². The number of carbonyl (C=O) groups is 3. The van der Waals surface area contributed by atoms with Gasteiger partial charge in [0.2, 0.25) is 5.91 Å². The highest BCUT2D eigenvalue weighted by Crippen LogP contribution is 2.73. The maximum absolute atomic E-state index is 14.2. The van der Waals surface area contributed by atoms with E-state index in [2.05, 4.69) is 38.7 Å². The third-order valence-electron chi connectivity index (χ3n) is 11.9. The van der Waals surface area contributed by atoms with E-state index in [-0.39, 0.29) is 40.5 Å². The molecule has 0 aromatic rings. The standard InChI is InChI=1S/C33H51NO5/c1-7-38-28(35)26-22-19-25-31(5)14-12-15-32(6,30(37)34-17-10-9-11-18-34)24(31)13-16-33(25,20-23(22)21(3)4)27(26)29(36)39-8-2/h20-22,24-27H,7-19H2,1-6H3/t22-,24+,25+,26-,27-,31-,32+,33?/m0/s1. The maximum atomic E-state index is 14.2. The van der Waals surface area contributed by atoms with Gasteiger partial charge >= 0.3 is 11.9 Å². The van der Waals surface area contributed by atoms with E-state index >= 15 is 0 Å². The first-order valence-corrected chi connectivity index (χ1v) is 15.9. The van der Waals surface area contributed by atoms with E-state index in [0.717, 1.165) is 64.5 Å². The number of likely N-dealkylation sites (tertiary alicyclic amines) is 1. The first-order valence-electron chi connectivity index (χ1n) is 15.9. The molecule has 8 atom stereocenters. The zero-order valence-corrected chi connectivity index (χ0v) is 25.2. The van der Waals surface area contributed by atoms with Gasteiger partial charge in [0.25, 0.3) is 0 Å². The van der Waals surface area contributed by atoms with Crippen LogP contribution < -0.4 is 0 Å². The number of allylic oxidation sites excluding steroid dienone is 2. The minimum Gasteiger partial charge on any atom is -0.466 e. The summed E-state index contributed by atoms with van der Waals surface area (Å²) in [6.45, 7) is 15.2. The monoisotopic (exact) mass is 541 g/mol. The summed E-state index contributed by atoms with van der Waals surface area (Å²) in [6.07, 6.45) is 11.5. The Balaban J connectivity index is 1.59. The van der Waals surface area contributed by atoms with Gasteiger partial charge in [0.15, 0.2) is 0 Å². The van der Waals surface area contributed by atoms with Crippen LogP contribution in [0.3, 0.4) is 0 Å². The van der Waals surface area contributed by atoms with E-state index in [0.29, 0.717) is 25.0 Å². The summed E-state index contributed by atoms with van der Waals surface area (Å²) < 4.78 is 11.4. The molecule has 0 radical (unpaired) electrons. The van der Waals surface area contributed by atoms with E-state index in [9.17, 15) is 14.4 Å². The zero-order valence-electron chi connectivity index (χ0n) is 25.2. The van der Waals surface area contributed by atoms with Crippen molar-refractivity contribution in [3.05, 3.63) is 11.6 Å². The number of nitrogens with zero attached hydrogens (tertiary/aromatic N) is 1. The van der Waals surface area contributed by atoms with Gasteiger partial charge in [0.1, 0.15) is 0 Å². The molecule has 39 heavy (non-hydrogen) atoms. The molecule has 1 amide bonds. The second kappa shape index (κ2) is 10.5. The molecule has 2 bridgehead atoms. The van der Waals surface area contributed by atoms with E-state index in [1.165, 1.54) is 12.0 Å². The third-order valence-corrected chi connectivity index (χ3v) is 11.9. The molecule has 0 aromatic carbocycles. The van der Waals surface area contributed by atoms with Gasteiger partial charge in [-0.3, -0.25) is 14.4 Å². The molecule has 3 saturated carbocycles. The van der Waals surface area contributed by atoms with Crippen molar-refractivity contribution in [1.29, 1.82) is 0 Å². The number of amides is 1. The number of hydrogen-bond donors (Lipinski definition) is 0. The van der Waals surface area contributed by atoms with E-state index < -0.39 is 17.3 Å². The fourth-order valence-electron chi connectivity index (χ4n) is 10.5. The van der Waals surface area contributed by atoms with Gasteiger partial charge in [-0.15, -0.1) is 0 Å². The minimum atomic E-state index is -0.522. The molecule has 1 heterocycles. The Labute approximate surface area is 235 Å². The number of carbonyl (C=O) groups excluding carboxylic acids is 3. The van der Waals surface area contributed by atoms with Gasteiger partial charge in [-0.2, -0.15) is 0 Å². The highest BCUT2D eigenvalue weighted by atomic mass is 16.5. The Bertz CT molecular complexity index is 1010. The van der Waals surface area contributed by atoms with E-state index in [4.69, 9.17) is 9.47 Å². The molecule has 1 spiro atoms. The predicted octanol–water partition coefficient (Wildman–Crippen LogP) is 6.18. The number of hydrogen-bond acceptors (Lipinski definition) is 5. The second-order valence-corrected chi connectivity index (χ2v) is 14.0. The van der Waals surface area contributed by atoms with Gasteiger partial charge < -0.3 is 14.4 Å². The molecule has 6 nitrogen and oxygen atoms in total. The van der Waals surface area contributed by atoms with Crippen LogP contribution in [-0.2, 0) is 23.9 Å². The van der Waals surface area contributed by atoms with Gasteiger partial charge in [-0.1, -0.05) is 45.8 Å². The normalized spacial score (nSPS) is 41.4. The van der Waals surface area contributed by atoms with E-state index in [1.54, 1.807) is 0 Å². The predicted molar refractivity (Wildman–Crippen MR) is 150 cm³/mol. The lowest BCUT2D eigenvalue weighted by molar-refractivity contribution is -0.209. The minimum absolute atomic E-state index is 0.0214. The zero-order chi connectivity index (χ0) is 28.2. The van der Waals surface area contributed by atoms with Gasteiger partial charge in [-0.05, 0) is 94.3 Å². The molecule has 6 rings (SSSR count). The third kappa shape index (κ3) is 4.29. The second-order valence-electron chi connectivity index (χ2n) is 14.0. The van der Waals surface area contributed by atoms with Crippen molar-refractivity contribution in [3.8, 4) is 0 Å². The summed E-state index contributed by atoms with van der Waals surface area (Å²) in [5.74, 6) is -0.338. The molecule has 0 N–H and O–H groups in total. The Hall–Kier alpha value is -1.85. The lowest BCUT2D eigenvalue weighted by Gasteiger charge is -2.69. The van der Waals surface area contributed by atoms with Crippen molar-refractivity contribution in [3.63, 3.8) is 0 Å². The molecule has 1 saturated heterocycles. The van der Waals surface area contributed by atoms with Crippen molar-refractivity contribution in [2.75, 3.05) is 26.3 Å². The Kier molecular flexibility index (Phi) is 7.74. The number of ether oxygens (including phenoxy) is 2. The highest BCUT2D eigenvalue weighted by molar-refractivity contribution is 5.85. The van der Waals surface area contributed by atoms with Crippen LogP contribution in [-0.4, -0.2) is 49.0 Å². The molecule has 6 heteroatoms. The molecule has 4 fully saturated rings. The van der Waals surface area contributed by atoms with Crippen LogP contribution in [0.15, 0.2) is 11.6 Å². The summed E-state index contributed by atoms with van der Waals surface area (Å²) in [6, 6.07) is 0. The lowest BCUT2D eigenvalue weighted by atomic mass is 9.34. The Morgan fingerprint density at radius 3 is 2.23 bits per heavy atom. The van der Waals surface area contributed by atoms with Gasteiger partial charge in [0.05, 0.1) is 25.0 Å².